The van der Waals surface area contributed by atoms with Crippen molar-refractivity contribution in [2.75, 3.05) is 5.01 Å². The first-order valence-electron chi connectivity index (χ1n) is 6.04. The van der Waals surface area contributed by atoms with Crippen molar-refractivity contribution in [3.63, 3.8) is 0 Å². The smallest absolute Gasteiger partial charge is 0.282 e. The van der Waals surface area contributed by atoms with Gasteiger partial charge in [-0.2, -0.15) is 10.1 Å². The number of nitrogens with zero attached hydrogens (tertiary/aromatic N) is 2. The molecule has 2 aromatic carbocycles. The highest BCUT2D eigenvalue weighted by Crippen LogP contribution is 2.30. The number of para-hydroxylation sites is 2. The molecule has 0 radical (unpaired) electrons. The van der Waals surface area contributed by atoms with Crippen molar-refractivity contribution in [2.45, 2.75) is 6.92 Å². The second-order valence-electron chi connectivity index (χ2n) is 4.00. The first kappa shape index (κ1) is 13.6. The molecule has 102 valence electrons. The van der Waals surface area contributed by atoms with Gasteiger partial charge in [-0.1, -0.05) is 24.3 Å². The van der Waals surface area contributed by atoms with Gasteiger partial charge in [0.2, 0.25) is 0 Å². The molecule has 2 N–H and O–H groups in total. The average molecular weight is 270 g/mol. The van der Waals surface area contributed by atoms with Crippen LogP contribution in [0.1, 0.15) is 17.3 Å². The number of phenols is 2. The van der Waals surface area contributed by atoms with Gasteiger partial charge in [0.25, 0.3) is 5.91 Å². The van der Waals surface area contributed by atoms with Gasteiger partial charge in [0, 0.05) is 6.21 Å². The van der Waals surface area contributed by atoms with E-state index in [4.69, 9.17) is 0 Å². The fourth-order valence-electron chi connectivity index (χ4n) is 1.74. The number of carbonyl (C=O) groups excluding carboxylic acids is 1. The van der Waals surface area contributed by atoms with Gasteiger partial charge in [-0.15, -0.1) is 0 Å². The highest BCUT2D eigenvalue weighted by molar-refractivity contribution is 6.08. The predicted octanol–water partition coefficient (Wildman–Crippen LogP) is 2.75. The quantitative estimate of drug-likeness (QED) is 0.511. The fraction of sp³-hybridized carbons (Fsp3) is 0.0667. The normalized spacial score (nSPS) is 10.7. The molecule has 2 aromatic rings. The van der Waals surface area contributed by atoms with Crippen LogP contribution in [0.25, 0.3) is 0 Å². The minimum absolute atomic E-state index is 0.0144. The Morgan fingerprint density at radius 3 is 2.45 bits per heavy atom. The monoisotopic (exact) mass is 270 g/mol. The van der Waals surface area contributed by atoms with Gasteiger partial charge in [0.15, 0.2) is 11.5 Å². The summed E-state index contributed by atoms with van der Waals surface area (Å²) in [7, 11) is 0. The number of anilines is 1. The van der Waals surface area contributed by atoms with E-state index in [1.807, 2.05) is 6.07 Å². The maximum absolute atomic E-state index is 12.4. The molecule has 0 saturated heterocycles. The van der Waals surface area contributed by atoms with Gasteiger partial charge in [0.1, 0.15) is 0 Å². The largest absolute Gasteiger partial charge is 0.504 e. The molecule has 5 nitrogen and oxygen atoms in total. The van der Waals surface area contributed by atoms with E-state index in [1.165, 1.54) is 24.4 Å². The molecule has 0 spiro atoms. The standard InChI is InChI=1S/C15H14N2O3/c1-2-16-17(11-7-4-3-5-8-11)15(20)12-9-6-10-13(18)14(12)19/h2-10,18-19H,1H3. The van der Waals surface area contributed by atoms with Gasteiger partial charge in [-0.3, -0.25) is 4.79 Å². The first-order chi connectivity index (χ1) is 9.65. The van der Waals surface area contributed by atoms with Gasteiger partial charge < -0.3 is 10.2 Å². The summed E-state index contributed by atoms with van der Waals surface area (Å²) in [5.74, 6) is -1.32. The summed E-state index contributed by atoms with van der Waals surface area (Å²) < 4.78 is 0. The summed E-state index contributed by atoms with van der Waals surface area (Å²) in [5.41, 5.74) is 0.554. The van der Waals surface area contributed by atoms with Crippen molar-refractivity contribution in [3.8, 4) is 11.5 Å². The van der Waals surface area contributed by atoms with E-state index in [0.717, 1.165) is 5.01 Å². The lowest BCUT2D eigenvalue weighted by molar-refractivity contribution is 0.0984. The van der Waals surface area contributed by atoms with Gasteiger partial charge >= 0.3 is 0 Å². The lowest BCUT2D eigenvalue weighted by atomic mass is 10.1. The maximum Gasteiger partial charge on any atom is 0.282 e. The summed E-state index contributed by atoms with van der Waals surface area (Å²) in [4.78, 5) is 12.4. The molecule has 0 unspecified atom stereocenters. The van der Waals surface area contributed by atoms with Crippen molar-refractivity contribution in [1.82, 2.24) is 0 Å². The zero-order valence-electron chi connectivity index (χ0n) is 10.9. The van der Waals surface area contributed by atoms with E-state index in [9.17, 15) is 15.0 Å². The SMILES string of the molecule is CC=NN(C(=O)c1cccc(O)c1O)c1ccccc1. The van der Waals surface area contributed by atoms with Crippen LogP contribution in [0.4, 0.5) is 5.69 Å². The summed E-state index contributed by atoms with van der Waals surface area (Å²) >= 11 is 0. The van der Waals surface area contributed by atoms with Crippen LogP contribution in [-0.2, 0) is 0 Å². The number of carbonyl (C=O) groups is 1. The number of amides is 1. The third-order valence-corrected chi connectivity index (χ3v) is 2.67. The number of benzene rings is 2. The molecule has 1 amide bonds. The van der Waals surface area contributed by atoms with Gasteiger partial charge in [0.05, 0.1) is 11.3 Å². The minimum Gasteiger partial charge on any atom is -0.504 e. The molecule has 2 rings (SSSR count). The molecular weight excluding hydrogens is 256 g/mol. The Hall–Kier alpha value is -2.82. The van der Waals surface area contributed by atoms with Crippen molar-refractivity contribution < 1.29 is 15.0 Å². The van der Waals surface area contributed by atoms with Crippen LogP contribution < -0.4 is 5.01 Å². The Balaban J connectivity index is 2.45. The molecule has 0 aliphatic heterocycles. The second-order valence-corrected chi connectivity index (χ2v) is 4.00. The van der Waals surface area contributed by atoms with Gasteiger partial charge in [-0.25, -0.2) is 0 Å². The lowest BCUT2D eigenvalue weighted by Crippen LogP contribution is -2.25. The zero-order chi connectivity index (χ0) is 14.5. The van der Waals surface area contributed by atoms with Crippen molar-refractivity contribution in [3.05, 3.63) is 54.1 Å². The third kappa shape index (κ3) is 2.61. The molecule has 0 bridgehead atoms. The Labute approximate surface area is 116 Å². The summed E-state index contributed by atoms with van der Waals surface area (Å²) in [6, 6.07) is 13.1. The topological polar surface area (TPSA) is 73.1 Å². The van der Waals surface area contributed by atoms with Crippen LogP contribution in [-0.4, -0.2) is 22.3 Å². The van der Waals surface area contributed by atoms with E-state index in [1.54, 1.807) is 31.2 Å². The maximum atomic E-state index is 12.4. The number of hydrogen-bond acceptors (Lipinski definition) is 4. The number of hydrogen-bond donors (Lipinski definition) is 2. The molecule has 0 saturated carbocycles. The van der Waals surface area contributed by atoms with Crippen molar-refractivity contribution in [1.29, 1.82) is 0 Å². The fourth-order valence-corrected chi connectivity index (χ4v) is 1.74. The zero-order valence-corrected chi connectivity index (χ0v) is 10.9. The minimum atomic E-state index is -0.525. The highest BCUT2D eigenvalue weighted by Gasteiger charge is 2.21. The average Bonchev–Trinajstić information content (AvgIpc) is 2.48. The summed E-state index contributed by atoms with van der Waals surface area (Å²) in [5, 5.41) is 24.4. The Morgan fingerprint density at radius 2 is 1.80 bits per heavy atom. The Kier molecular flexibility index (Phi) is 4.00. The first-order valence-corrected chi connectivity index (χ1v) is 6.04. The molecule has 20 heavy (non-hydrogen) atoms. The van der Waals surface area contributed by atoms with Crippen molar-refractivity contribution in [2.24, 2.45) is 5.10 Å². The van der Waals surface area contributed by atoms with Crippen LogP contribution in [0.2, 0.25) is 0 Å². The molecule has 0 fully saturated rings. The van der Waals surface area contributed by atoms with Gasteiger partial charge in [-0.05, 0) is 31.2 Å². The second kappa shape index (κ2) is 5.88. The third-order valence-electron chi connectivity index (χ3n) is 2.67. The van der Waals surface area contributed by atoms with E-state index in [0.29, 0.717) is 5.69 Å². The molecule has 0 aromatic heterocycles. The molecule has 5 heteroatoms. The number of phenolic OH excluding ortho intramolecular Hbond substituents is 2. The Bertz CT molecular complexity index is 639. The van der Waals surface area contributed by atoms with Crippen molar-refractivity contribution >= 4 is 17.8 Å². The molecule has 0 aliphatic rings. The number of aromatic hydroxyl groups is 2. The summed E-state index contributed by atoms with van der Waals surface area (Å²) in [6.07, 6.45) is 1.48. The van der Waals surface area contributed by atoms with Crippen LogP contribution in [0.5, 0.6) is 11.5 Å². The van der Waals surface area contributed by atoms with E-state index >= 15 is 0 Å². The summed E-state index contributed by atoms with van der Waals surface area (Å²) in [6.45, 7) is 1.69. The number of hydrazone groups is 1. The molecule has 0 aliphatic carbocycles. The van der Waals surface area contributed by atoms with E-state index in [2.05, 4.69) is 5.10 Å². The molecular formula is C15H14N2O3. The van der Waals surface area contributed by atoms with Crippen LogP contribution in [0.15, 0.2) is 53.6 Å². The van der Waals surface area contributed by atoms with Crippen LogP contribution in [0.3, 0.4) is 0 Å². The number of rotatable bonds is 3. The van der Waals surface area contributed by atoms with Crippen LogP contribution >= 0.6 is 0 Å². The van der Waals surface area contributed by atoms with E-state index < -0.39 is 11.7 Å². The van der Waals surface area contributed by atoms with E-state index in [-0.39, 0.29) is 11.3 Å². The van der Waals surface area contributed by atoms with Crippen LogP contribution in [0, 0.1) is 0 Å². The highest BCUT2D eigenvalue weighted by atomic mass is 16.3. The Morgan fingerprint density at radius 1 is 1.10 bits per heavy atom. The molecule has 0 heterocycles. The molecule has 0 atom stereocenters. The predicted molar refractivity (Wildman–Crippen MR) is 77.2 cm³/mol. The lowest BCUT2D eigenvalue weighted by Gasteiger charge is -2.17.